The van der Waals surface area contributed by atoms with Gasteiger partial charge in [0.1, 0.15) is 5.75 Å². The van der Waals surface area contributed by atoms with Gasteiger partial charge in [-0.2, -0.15) is 0 Å². The Bertz CT molecular complexity index is 657. The fourth-order valence-electron chi connectivity index (χ4n) is 1.80. The first-order valence-corrected chi connectivity index (χ1v) is 6.87. The van der Waals surface area contributed by atoms with Gasteiger partial charge in [-0.3, -0.25) is 9.59 Å². The van der Waals surface area contributed by atoms with E-state index in [0.29, 0.717) is 11.3 Å². The molecule has 0 fully saturated rings. The third kappa shape index (κ3) is 4.90. The van der Waals surface area contributed by atoms with Gasteiger partial charge in [-0.15, -0.1) is 0 Å². The number of rotatable bonds is 7. The summed E-state index contributed by atoms with van der Waals surface area (Å²) in [5.74, 6) is -0.339. The maximum atomic E-state index is 11.9. The van der Waals surface area contributed by atoms with Gasteiger partial charge in [0.15, 0.2) is 5.78 Å². The Morgan fingerprint density at radius 3 is 2.32 bits per heavy atom. The molecule has 0 radical (unpaired) electrons. The molecule has 0 spiro atoms. The van der Waals surface area contributed by atoms with Gasteiger partial charge in [0.2, 0.25) is 0 Å². The maximum Gasteiger partial charge on any atom is 0.306 e. The molecule has 0 saturated carbocycles. The van der Waals surface area contributed by atoms with Crippen LogP contribution in [0.4, 0.5) is 0 Å². The van der Waals surface area contributed by atoms with Crippen molar-refractivity contribution >= 4 is 17.8 Å². The van der Waals surface area contributed by atoms with E-state index in [0.717, 1.165) is 5.56 Å². The number of ketones is 1. The van der Waals surface area contributed by atoms with Crippen LogP contribution in [0.3, 0.4) is 0 Å². The van der Waals surface area contributed by atoms with Crippen molar-refractivity contribution in [2.75, 3.05) is 6.61 Å². The molecule has 2 aromatic rings. The third-order valence-electron chi connectivity index (χ3n) is 2.95. The lowest BCUT2D eigenvalue weighted by Crippen LogP contribution is -2.04. The largest absolute Gasteiger partial charge is 0.493 e. The number of ether oxygens (including phenoxy) is 1. The van der Waals surface area contributed by atoms with Crippen LogP contribution in [0.25, 0.3) is 6.08 Å². The van der Waals surface area contributed by atoms with Gasteiger partial charge < -0.3 is 9.84 Å². The lowest BCUT2D eigenvalue weighted by molar-refractivity contribution is -0.137. The summed E-state index contributed by atoms with van der Waals surface area (Å²) in [6.07, 6.45) is 3.22. The van der Waals surface area contributed by atoms with Crippen LogP contribution in [-0.4, -0.2) is 23.5 Å². The summed E-state index contributed by atoms with van der Waals surface area (Å²) in [5.41, 5.74) is 1.52. The van der Waals surface area contributed by atoms with E-state index in [4.69, 9.17) is 9.84 Å². The highest BCUT2D eigenvalue weighted by Gasteiger charge is 2.00. The molecule has 0 bridgehead atoms. The van der Waals surface area contributed by atoms with E-state index in [1.54, 1.807) is 30.3 Å². The zero-order chi connectivity index (χ0) is 15.8. The van der Waals surface area contributed by atoms with Crippen molar-refractivity contribution in [2.24, 2.45) is 0 Å². The van der Waals surface area contributed by atoms with Crippen LogP contribution >= 0.6 is 0 Å². The first-order chi connectivity index (χ1) is 10.6. The number of allylic oxidation sites excluding steroid dienone is 1. The van der Waals surface area contributed by atoms with Crippen molar-refractivity contribution in [2.45, 2.75) is 6.42 Å². The first-order valence-electron chi connectivity index (χ1n) is 6.87. The second-order valence-electron chi connectivity index (χ2n) is 4.62. The van der Waals surface area contributed by atoms with Crippen molar-refractivity contribution in [1.82, 2.24) is 0 Å². The van der Waals surface area contributed by atoms with Gasteiger partial charge in [0, 0.05) is 5.56 Å². The molecule has 0 saturated heterocycles. The van der Waals surface area contributed by atoms with Crippen LogP contribution < -0.4 is 4.74 Å². The standard InChI is InChI=1S/C18H16O4/c19-17(15-4-2-1-3-5-15)11-8-14-6-9-16(10-7-14)22-13-12-18(20)21/h1-11H,12-13H2,(H,20,21). The number of hydrogen-bond donors (Lipinski definition) is 1. The Morgan fingerprint density at radius 2 is 1.68 bits per heavy atom. The molecule has 2 rings (SSSR count). The van der Waals surface area contributed by atoms with E-state index in [9.17, 15) is 9.59 Å². The fourth-order valence-corrected chi connectivity index (χ4v) is 1.80. The number of carbonyl (C=O) groups is 2. The number of aliphatic carboxylic acids is 1. The number of carboxylic acid groups (broad SMARTS) is 1. The lowest BCUT2D eigenvalue weighted by atomic mass is 10.1. The molecule has 4 nitrogen and oxygen atoms in total. The fraction of sp³-hybridized carbons (Fsp3) is 0.111. The molecule has 112 valence electrons. The predicted molar refractivity (Wildman–Crippen MR) is 84.0 cm³/mol. The molecule has 0 aliphatic heterocycles. The zero-order valence-electron chi connectivity index (χ0n) is 11.9. The summed E-state index contributed by atoms with van der Waals surface area (Å²) in [4.78, 5) is 22.3. The Kier molecular flexibility index (Phi) is 5.49. The van der Waals surface area contributed by atoms with Gasteiger partial charge in [-0.25, -0.2) is 0 Å². The van der Waals surface area contributed by atoms with Gasteiger partial charge in [0.25, 0.3) is 0 Å². The van der Waals surface area contributed by atoms with Crippen molar-refractivity contribution in [3.8, 4) is 5.75 Å². The molecule has 0 aliphatic rings. The average Bonchev–Trinajstić information content (AvgIpc) is 2.54. The van der Waals surface area contributed by atoms with Crippen molar-refractivity contribution in [3.05, 3.63) is 71.8 Å². The minimum Gasteiger partial charge on any atom is -0.493 e. The normalized spacial score (nSPS) is 10.5. The SMILES string of the molecule is O=C(O)CCOc1ccc(C=CC(=O)c2ccccc2)cc1. The summed E-state index contributed by atoms with van der Waals surface area (Å²) in [5, 5.41) is 8.53. The van der Waals surface area contributed by atoms with Gasteiger partial charge in [0.05, 0.1) is 13.0 Å². The second kappa shape index (κ2) is 7.78. The minimum absolute atomic E-state index is 0.0345. The molecule has 2 aromatic carbocycles. The molecule has 22 heavy (non-hydrogen) atoms. The molecule has 4 heteroatoms. The quantitative estimate of drug-likeness (QED) is 0.628. The Balaban J connectivity index is 1.92. The van der Waals surface area contributed by atoms with Gasteiger partial charge in [-0.1, -0.05) is 48.5 Å². The molecule has 0 aliphatic carbocycles. The van der Waals surface area contributed by atoms with Crippen molar-refractivity contribution < 1.29 is 19.4 Å². The highest BCUT2D eigenvalue weighted by molar-refractivity contribution is 6.06. The Labute approximate surface area is 128 Å². The van der Waals surface area contributed by atoms with Gasteiger partial charge in [-0.05, 0) is 23.8 Å². The smallest absolute Gasteiger partial charge is 0.306 e. The van der Waals surface area contributed by atoms with Crippen LogP contribution in [0.5, 0.6) is 5.75 Å². The van der Waals surface area contributed by atoms with E-state index in [-0.39, 0.29) is 18.8 Å². The summed E-state index contributed by atoms with van der Waals surface area (Å²) in [6.45, 7) is 0.136. The molecule has 0 atom stereocenters. The van der Waals surface area contributed by atoms with E-state index in [1.807, 2.05) is 30.3 Å². The van der Waals surface area contributed by atoms with Crippen molar-refractivity contribution in [3.63, 3.8) is 0 Å². The predicted octanol–water partition coefficient (Wildman–Crippen LogP) is 3.44. The molecular formula is C18H16O4. The number of benzene rings is 2. The van der Waals surface area contributed by atoms with E-state index < -0.39 is 5.97 Å². The molecule has 0 amide bonds. The summed E-state index contributed by atoms with van der Waals surface area (Å²) in [7, 11) is 0. The zero-order valence-corrected chi connectivity index (χ0v) is 11.9. The van der Waals surface area contributed by atoms with Crippen LogP contribution in [0.1, 0.15) is 22.3 Å². The number of hydrogen-bond acceptors (Lipinski definition) is 3. The van der Waals surface area contributed by atoms with Crippen LogP contribution in [0.15, 0.2) is 60.7 Å². The topological polar surface area (TPSA) is 63.6 Å². The molecule has 0 aromatic heterocycles. The Hall–Kier alpha value is -2.88. The Morgan fingerprint density at radius 1 is 1.00 bits per heavy atom. The third-order valence-corrected chi connectivity index (χ3v) is 2.95. The molecular weight excluding hydrogens is 280 g/mol. The first kappa shape index (κ1) is 15.5. The van der Waals surface area contributed by atoms with Crippen LogP contribution in [0.2, 0.25) is 0 Å². The summed E-state index contributed by atoms with van der Waals surface area (Å²) >= 11 is 0. The van der Waals surface area contributed by atoms with E-state index >= 15 is 0 Å². The molecule has 0 heterocycles. The average molecular weight is 296 g/mol. The molecule has 1 N–H and O–H groups in total. The number of carboxylic acids is 1. The van der Waals surface area contributed by atoms with Gasteiger partial charge >= 0.3 is 5.97 Å². The van der Waals surface area contributed by atoms with Crippen molar-refractivity contribution in [1.29, 1.82) is 0 Å². The van der Waals surface area contributed by atoms with Crippen LogP contribution in [0, 0.1) is 0 Å². The summed E-state index contributed by atoms with van der Waals surface area (Å²) < 4.78 is 5.29. The second-order valence-corrected chi connectivity index (χ2v) is 4.62. The maximum absolute atomic E-state index is 11.9. The summed E-state index contributed by atoms with van der Waals surface area (Å²) in [6, 6.07) is 16.2. The highest BCUT2D eigenvalue weighted by atomic mass is 16.5. The van der Waals surface area contributed by atoms with E-state index in [2.05, 4.69) is 0 Å². The van der Waals surface area contributed by atoms with Crippen LogP contribution in [-0.2, 0) is 4.79 Å². The monoisotopic (exact) mass is 296 g/mol. The number of carbonyl (C=O) groups excluding carboxylic acids is 1. The lowest BCUT2D eigenvalue weighted by Gasteiger charge is -2.04. The van der Waals surface area contributed by atoms with E-state index in [1.165, 1.54) is 6.08 Å². The molecule has 0 unspecified atom stereocenters. The highest BCUT2D eigenvalue weighted by Crippen LogP contribution is 2.14. The minimum atomic E-state index is -0.890.